The molecule has 0 atom stereocenters. The predicted molar refractivity (Wildman–Crippen MR) is 109 cm³/mol. The average molecular weight is 424 g/mol. The Morgan fingerprint density at radius 3 is 2.35 bits per heavy atom. The second kappa shape index (κ2) is 9.65. The van der Waals surface area contributed by atoms with Crippen LogP contribution in [0.2, 0.25) is 0 Å². The van der Waals surface area contributed by atoms with Gasteiger partial charge in [0.25, 0.3) is 5.91 Å². The third-order valence-electron chi connectivity index (χ3n) is 3.83. The van der Waals surface area contributed by atoms with Gasteiger partial charge in [-0.2, -0.15) is 0 Å². The van der Waals surface area contributed by atoms with Crippen molar-refractivity contribution in [3.8, 4) is 5.75 Å². The number of carbonyl (C=O) groups excluding carboxylic acids is 1. The van der Waals surface area contributed by atoms with Crippen LogP contribution in [0, 0.1) is 10.1 Å². The number of rotatable bonds is 9. The summed E-state index contributed by atoms with van der Waals surface area (Å²) in [5, 5.41) is 23.2. The van der Waals surface area contributed by atoms with Crippen molar-refractivity contribution in [3.63, 3.8) is 0 Å². The fourth-order valence-electron chi connectivity index (χ4n) is 2.40. The van der Waals surface area contributed by atoms with Gasteiger partial charge in [0.2, 0.25) is 11.6 Å². The summed E-state index contributed by atoms with van der Waals surface area (Å²) in [6, 6.07) is 14.2. The number of hydrogen-bond donors (Lipinski definition) is 4. The zero-order valence-corrected chi connectivity index (χ0v) is 15.8. The highest BCUT2D eigenvalue weighted by Gasteiger charge is 2.23. The molecule has 12 heteroatoms. The first-order chi connectivity index (χ1) is 14.9. The van der Waals surface area contributed by atoms with Gasteiger partial charge in [0.1, 0.15) is 12.1 Å². The average Bonchev–Trinajstić information content (AvgIpc) is 2.77. The highest BCUT2D eigenvalue weighted by Crippen LogP contribution is 2.30. The minimum atomic E-state index is -1.10. The van der Waals surface area contributed by atoms with Crippen LogP contribution in [0.25, 0.3) is 0 Å². The molecule has 3 rings (SSSR count). The van der Waals surface area contributed by atoms with E-state index in [2.05, 4.69) is 26.1 Å². The van der Waals surface area contributed by atoms with E-state index in [0.717, 1.165) is 6.33 Å². The van der Waals surface area contributed by atoms with Gasteiger partial charge in [0, 0.05) is 5.69 Å². The maximum Gasteiger partial charge on any atom is 0.355 e. The maximum absolute atomic E-state index is 12.0. The lowest BCUT2D eigenvalue weighted by Gasteiger charge is -2.11. The molecule has 0 saturated carbocycles. The van der Waals surface area contributed by atoms with Crippen molar-refractivity contribution in [2.75, 3.05) is 17.3 Å². The lowest BCUT2D eigenvalue weighted by molar-refractivity contribution is -0.383. The lowest BCUT2D eigenvalue weighted by Crippen LogP contribution is -2.34. The van der Waals surface area contributed by atoms with Gasteiger partial charge in [-0.05, 0) is 36.4 Å². The maximum atomic E-state index is 12.0. The molecule has 0 aliphatic rings. The number of carboxylic acids is 1. The largest absolute Gasteiger partial charge is 0.484 e. The number of aromatic carboxylic acids is 1. The molecule has 158 valence electrons. The molecule has 4 N–H and O–H groups in total. The first-order valence-corrected chi connectivity index (χ1v) is 8.76. The molecule has 0 bridgehead atoms. The minimum Gasteiger partial charge on any atom is -0.484 e. The summed E-state index contributed by atoms with van der Waals surface area (Å²) in [5.74, 6) is -1.60. The van der Waals surface area contributed by atoms with Crippen LogP contribution in [0.1, 0.15) is 10.4 Å². The number of ether oxygens (including phenoxy) is 1. The van der Waals surface area contributed by atoms with Crippen molar-refractivity contribution < 1.29 is 24.4 Å². The number of nitrogens with zero attached hydrogens (tertiary/aromatic N) is 3. The fraction of sp³-hybridized carbons (Fsp3) is 0.0526. The fourth-order valence-corrected chi connectivity index (χ4v) is 2.40. The van der Waals surface area contributed by atoms with Crippen LogP contribution in [0.5, 0.6) is 5.75 Å². The van der Waals surface area contributed by atoms with Gasteiger partial charge in [0.15, 0.2) is 6.61 Å². The third-order valence-corrected chi connectivity index (χ3v) is 3.83. The Kier molecular flexibility index (Phi) is 6.53. The number of hydrazine groups is 1. The molecule has 0 saturated heterocycles. The van der Waals surface area contributed by atoms with Crippen molar-refractivity contribution in [1.82, 2.24) is 15.4 Å². The number of nitrogens with one attached hydrogen (secondary N) is 3. The molecule has 0 aliphatic heterocycles. The second-order valence-corrected chi connectivity index (χ2v) is 5.96. The van der Waals surface area contributed by atoms with Crippen molar-refractivity contribution >= 4 is 34.9 Å². The Hall–Kier alpha value is -4.74. The molecule has 3 aromatic rings. The Morgan fingerprint density at radius 1 is 1.03 bits per heavy atom. The Labute approximate surface area is 175 Å². The van der Waals surface area contributed by atoms with Gasteiger partial charge in [-0.1, -0.05) is 18.2 Å². The Morgan fingerprint density at radius 2 is 1.71 bits per heavy atom. The number of carbonyl (C=O) groups is 2. The number of carboxylic acid groups (broad SMARTS) is 1. The van der Waals surface area contributed by atoms with Crippen LogP contribution in [0.4, 0.5) is 23.0 Å². The van der Waals surface area contributed by atoms with Gasteiger partial charge >= 0.3 is 11.7 Å². The summed E-state index contributed by atoms with van der Waals surface area (Å²) in [6.45, 7) is -0.322. The molecular formula is C19H16N6O6. The van der Waals surface area contributed by atoms with Crippen LogP contribution in [0.3, 0.4) is 0 Å². The summed E-state index contributed by atoms with van der Waals surface area (Å²) in [7, 11) is 0. The number of anilines is 3. The van der Waals surface area contributed by atoms with Crippen LogP contribution in [0.15, 0.2) is 60.9 Å². The van der Waals surface area contributed by atoms with Crippen molar-refractivity contribution in [3.05, 3.63) is 76.6 Å². The molecule has 0 radical (unpaired) electrons. The quantitative estimate of drug-likeness (QED) is 0.295. The van der Waals surface area contributed by atoms with Crippen molar-refractivity contribution in [2.24, 2.45) is 0 Å². The molecule has 1 heterocycles. The highest BCUT2D eigenvalue weighted by atomic mass is 16.6. The Balaban J connectivity index is 1.68. The zero-order chi connectivity index (χ0) is 22.2. The molecule has 2 aromatic carbocycles. The monoisotopic (exact) mass is 424 g/mol. The number of hydrogen-bond acceptors (Lipinski definition) is 9. The standard InChI is InChI=1S/C19H16N6O6/c26-15(10-31-14-4-2-1-3-5-14)23-24-18-16(25(29)30)17(20-11-21-18)22-13-8-6-12(7-9-13)19(27)28/h1-9,11H,10H2,(H,23,26)(H,27,28)(H2,20,21,22,24). The van der Waals surface area contributed by atoms with Gasteiger partial charge in [-0.3, -0.25) is 25.8 Å². The van der Waals surface area contributed by atoms with Gasteiger partial charge < -0.3 is 15.2 Å². The normalized spacial score (nSPS) is 10.1. The number of aromatic nitrogens is 2. The molecule has 0 spiro atoms. The van der Waals surface area contributed by atoms with E-state index in [-0.39, 0.29) is 23.8 Å². The van der Waals surface area contributed by atoms with Gasteiger partial charge in [0.05, 0.1) is 10.5 Å². The molecule has 12 nitrogen and oxygen atoms in total. The molecule has 0 unspecified atom stereocenters. The smallest absolute Gasteiger partial charge is 0.355 e. The zero-order valence-electron chi connectivity index (χ0n) is 15.8. The molecule has 1 amide bonds. The third kappa shape index (κ3) is 5.63. The summed E-state index contributed by atoms with van der Waals surface area (Å²) in [4.78, 5) is 41.4. The molecule has 0 fully saturated rings. The van der Waals surface area contributed by atoms with E-state index in [4.69, 9.17) is 9.84 Å². The van der Waals surface area contributed by atoms with E-state index in [1.165, 1.54) is 24.3 Å². The van der Waals surface area contributed by atoms with E-state index < -0.39 is 22.5 Å². The SMILES string of the molecule is O=C(COc1ccccc1)NNc1ncnc(Nc2ccc(C(=O)O)cc2)c1[N+](=O)[O-]. The van der Waals surface area contributed by atoms with E-state index in [9.17, 15) is 19.7 Å². The van der Waals surface area contributed by atoms with Crippen molar-refractivity contribution in [1.29, 1.82) is 0 Å². The first-order valence-electron chi connectivity index (χ1n) is 8.76. The lowest BCUT2D eigenvalue weighted by atomic mass is 10.2. The number of para-hydroxylation sites is 1. The van der Waals surface area contributed by atoms with Crippen LogP contribution in [-0.2, 0) is 4.79 Å². The number of benzene rings is 2. The predicted octanol–water partition coefficient (Wildman–Crippen LogP) is 2.35. The summed E-state index contributed by atoms with van der Waals surface area (Å²) >= 11 is 0. The second-order valence-electron chi connectivity index (χ2n) is 5.96. The van der Waals surface area contributed by atoms with E-state index in [1.54, 1.807) is 30.3 Å². The van der Waals surface area contributed by atoms with E-state index in [0.29, 0.717) is 11.4 Å². The molecular weight excluding hydrogens is 408 g/mol. The summed E-state index contributed by atoms with van der Waals surface area (Å²) < 4.78 is 5.29. The highest BCUT2D eigenvalue weighted by molar-refractivity contribution is 5.88. The number of nitro groups is 1. The first kappa shape index (κ1) is 21.0. The van der Waals surface area contributed by atoms with E-state index >= 15 is 0 Å². The van der Waals surface area contributed by atoms with Crippen LogP contribution in [-0.4, -0.2) is 38.5 Å². The topological polar surface area (TPSA) is 169 Å². The summed E-state index contributed by atoms with van der Waals surface area (Å²) in [6.07, 6.45) is 1.07. The van der Waals surface area contributed by atoms with Gasteiger partial charge in [-0.15, -0.1) is 0 Å². The van der Waals surface area contributed by atoms with Crippen molar-refractivity contribution in [2.45, 2.75) is 0 Å². The van der Waals surface area contributed by atoms with Gasteiger partial charge in [-0.25, -0.2) is 14.8 Å². The van der Waals surface area contributed by atoms with E-state index in [1.807, 2.05) is 0 Å². The van der Waals surface area contributed by atoms with Crippen LogP contribution >= 0.6 is 0 Å². The molecule has 31 heavy (non-hydrogen) atoms. The minimum absolute atomic E-state index is 0.0607. The summed E-state index contributed by atoms with van der Waals surface area (Å²) in [5.41, 5.74) is 4.58. The number of amides is 1. The van der Waals surface area contributed by atoms with Crippen LogP contribution < -0.4 is 20.9 Å². The Bertz CT molecular complexity index is 1090. The molecule has 1 aromatic heterocycles. The molecule has 0 aliphatic carbocycles.